The summed E-state index contributed by atoms with van der Waals surface area (Å²) in [4.78, 5) is 12.2. The number of nitrogens with two attached hydrogens (primary N) is 1. The second-order valence-corrected chi connectivity index (χ2v) is 5.00. The molecule has 1 fully saturated rings. The Labute approximate surface area is 113 Å². The molecule has 106 valence electrons. The Morgan fingerprint density at radius 1 is 1.63 bits per heavy atom. The van der Waals surface area contributed by atoms with Crippen molar-refractivity contribution in [1.82, 2.24) is 15.1 Å². The number of anilines is 1. The Hall–Kier alpha value is -1.56. The van der Waals surface area contributed by atoms with E-state index in [0.717, 1.165) is 13.0 Å². The first kappa shape index (κ1) is 13.9. The van der Waals surface area contributed by atoms with E-state index in [2.05, 4.69) is 10.4 Å². The van der Waals surface area contributed by atoms with Crippen LogP contribution in [-0.4, -0.2) is 34.9 Å². The summed E-state index contributed by atoms with van der Waals surface area (Å²) in [7, 11) is 0. The number of carbonyl (C=O) groups excluding carboxylic acids is 1. The third-order valence-corrected chi connectivity index (χ3v) is 3.75. The molecule has 1 aliphatic heterocycles. The summed E-state index contributed by atoms with van der Waals surface area (Å²) in [5.41, 5.74) is 7.55. The summed E-state index contributed by atoms with van der Waals surface area (Å²) in [6, 6.07) is 0. The lowest BCUT2D eigenvalue weighted by molar-refractivity contribution is 0.0899. The molecular weight excluding hydrogens is 244 g/mol. The largest absolute Gasteiger partial charge is 0.395 e. The van der Waals surface area contributed by atoms with Gasteiger partial charge >= 0.3 is 0 Å². The fraction of sp³-hybridized carbons (Fsp3) is 0.692. The first-order valence-electron chi connectivity index (χ1n) is 6.77. The normalized spacial score (nSPS) is 22.7. The van der Waals surface area contributed by atoms with E-state index in [0.29, 0.717) is 36.1 Å². The van der Waals surface area contributed by atoms with Gasteiger partial charge in [-0.15, -0.1) is 0 Å². The second kappa shape index (κ2) is 5.61. The molecular formula is C13H22N4O2. The van der Waals surface area contributed by atoms with Crippen LogP contribution in [0.3, 0.4) is 0 Å². The zero-order valence-corrected chi connectivity index (χ0v) is 11.8. The van der Waals surface area contributed by atoms with Gasteiger partial charge in [-0.1, -0.05) is 0 Å². The highest BCUT2D eigenvalue weighted by Gasteiger charge is 2.26. The second-order valence-electron chi connectivity index (χ2n) is 5.00. The molecule has 6 nitrogen and oxygen atoms in total. The predicted molar refractivity (Wildman–Crippen MR) is 72.9 cm³/mol. The van der Waals surface area contributed by atoms with Gasteiger partial charge in [0.25, 0.3) is 5.91 Å². The average Bonchev–Trinajstić information content (AvgIpc) is 2.91. The van der Waals surface area contributed by atoms with Crippen LogP contribution in [0.25, 0.3) is 0 Å². The number of ether oxygens (including phenoxy) is 1. The summed E-state index contributed by atoms with van der Waals surface area (Å²) in [5.74, 6) is 0.225. The average molecular weight is 266 g/mol. The van der Waals surface area contributed by atoms with Crippen LogP contribution in [0.2, 0.25) is 0 Å². The number of amides is 1. The van der Waals surface area contributed by atoms with Crippen molar-refractivity contribution in [2.75, 3.05) is 18.9 Å². The number of hydrogen-bond acceptors (Lipinski definition) is 4. The summed E-state index contributed by atoms with van der Waals surface area (Å²) < 4.78 is 7.13. The number of nitrogens with one attached hydrogen (secondary N) is 1. The van der Waals surface area contributed by atoms with E-state index in [1.54, 1.807) is 4.68 Å². The number of nitrogen functional groups attached to an aromatic ring is 1. The number of aromatic nitrogens is 2. The van der Waals surface area contributed by atoms with Gasteiger partial charge in [-0.25, -0.2) is 0 Å². The minimum absolute atomic E-state index is 0.154. The maximum Gasteiger partial charge on any atom is 0.271 e. The molecule has 0 bridgehead atoms. The standard InChI is InChI=1S/C13H22N4O2/c1-4-17-12(11(14)8(2)16-17)13(18)15-7-10-5-6-19-9(10)3/h9-10H,4-7,14H2,1-3H3,(H,15,18). The maximum atomic E-state index is 12.2. The number of nitrogens with zero attached hydrogens (tertiary/aromatic N) is 2. The van der Waals surface area contributed by atoms with Crippen molar-refractivity contribution in [2.45, 2.75) is 39.8 Å². The zero-order chi connectivity index (χ0) is 14.0. The molecule has 2 rings (SSSR count). The van der Waals surface area contributed by atoms with Crippen LogP contribution in [0.4, 0.5) is 5.69 Å². The van der Waals surface area contributed by atoms with Crippen molar-refractivity contribution < 1.29 is 9.53 Å². The Balaban J connectivity index is 2.03. The molecule has 3 N–H and O–H groups in total. The molecule has 1 aromatic heterocycles. The van der Waals surface area contributed by atoms with Gasteiger partial charge < -0.3 is 15.8 Å². The number of carbonyl (C=O) groups is 1. The third kappa shape index (κ3) is 2.73. The molecule has 0 aliphatic carbocycles. The Kier molecular flexibility index (Phi) is 4.09. The van der Waals surface area contributed by atoms with Gasteiger partial charge in [-0.3, -0.25) is 9.48 Å². The first-order valence-corrected chi connectivity index (χ1v) is 6.77. The van der Waals surface area contributed by atoms with Gasteiger partial charge in [-0.2, -0.15) is 5.10 Å². The molecule has 1 saturated heterocycles. The highest BCUT2D eigenvalue weighted by Crippen LogP contribution is 2.20. The van der Waals surface area contributed by atoms with Crippen molar-refractivity contribution in [2.24, 2.45) is 5.92 Å². The third-order valence-electron chi connectivity index (χ3n) is 3.75. The van der Waals surface area contributed by atoms with Crippen LogP contribution in [-0.2, 0) is 11.3 Å². The zero-order valence-electron chi connectivity index (χ0n) is 11.8. The lowest BCUT2D eigenvalue weighted by atomic mass is 10.0. The molecule has 1 amide bonds. The van der Waals surface area contributed by atoms with Gasteiger partial charge in [0.05, 0.1) is 17.5 Å². The molecule has 19 heavy (non-hydrogen) atoms. The smallest absolute Gasteiger partial charge is 0.271 e. The van der Waals surface area contributed by atoms with E-state index >= 15 is 0 Å². The topological polar surface area (TPSA) is 82.2 Å². The molecule has 0 radical (unpaired) electrons. The molecule has 0 spiro atoms. The fourth-order valence-electron chi connectivity index (χ4n) is 2.42. The summed E-state index contributed by atoms with van der Waals surface area (Å²) >= 11 is 0. The SMILES string of the molecule is CCn1nc(C)c(N)c1C(=O)NCC1CCOC1C. The lowest BCUT2D eigenvalue weighted by Gasteiger charge is -2.15. The first-order chi connectivity index (χ1) is 9.04. The molecule has 6 heteroatoms. The minimum Gasteiger partial charge on any atom is -0.395 e. The van der Waals surface area contributed by atoms with Gasteiger partial charge in [0.15, 0.2) is 0 Å². The van der Waals surface area contributed by atoms with E-state index in [9.17, 15) is 4.79 Å². The molecule has 2 heterocycles. The molecule has 0 aromatic carbocycles. The van der Waals surface area contributed by atoms with Crippen LogP contribution in [0.5, 0.6) is 0 Å². The van der Waals surface area contributed by atoms with E-state index in [4.69, 9.17) is 10.5 Å². The molecule has 0 saturated carbocycles. The highest BCUT2D eigenvalue weighted by molar-refractivity contribution is 5.97. The lowest BCUT2D eigenvalue weighted by Crippen LogP contribution is -2.33. The van der Waals surface area contributed by atoms with Crippen LogP contribution < -0.4 is 11.1 Å². The van der Waals surface area contributed by atoms with Gasteiger partial charge in [0, 0.05) is 25.6 Å². The predicted octanol–water partition coefficient (Wildman–Crippen LogP) is 0.948. The Morgan fingerprint density at radius 3 is 2.95 bits per heavy atom. The monoisotopic (exact) mass is 266 g/mol. The highest BCUT2D eigenvalue weighted by atomic mass is 16.5. The Morgan fingerprint density at radius 2 is 2.37 bits per heavy atom. The van der Waals surface area contributed by atoms with E-state index in [-0.39, 0.29) is 12.0 Å². The molecule has 1 aliphatic rings. The molecule has 2 unspecified atom stereocenters. The van der Waals surface area contributed by atoms with E-state index < -0.39 is 0 Å². The Bertz CT molecular complexity index is 469. The number of aryl methyl sites for hydroxylation is 2. The maximum absolute atomic E-state index is 12.2. The summed E-state index contributed by atoms with van der Waals surface area (Å²) in [6.45, 7) is 7.81. The van der Waals surface area contributed by atoms with Crippen molar-refractivity contribution in [1.29, 1.82) is 0 Å². The number of rotatable bonds is 4. The quantitative estimate of drug-likeness (QED) is 0.850. The summed E-state index contributed by atoms with van der Waals surface area (Å²) in [6.07, 6.45) is 1.19. The van der Waals surface area contributed by atoms with Gasteiger partial charge in [0.2, 0.25) is 0 Å². The summed E-state index contributed by atoms with van der Waals surface area (Å²) in [5, 5.41) is 7.19. The van der Waals surface area contributed by atoms with Crippen molar-refractivity contribution in [3.63, 3.8) is 0 Å². The van der Waals surface area contributed by atoms with Crippen molar-refractivity contribution in [3.8, 4) is 0 Å². The number of hydrogen-bond donors (Lipinski definition) is 2. The van der Waals surface area contributed by atoms with Crippen LogP contribution in [0.1, 0.15) is 36.5 Å². The molecule has 2 atom stereocenters. The minimum atomic E-state index is -0.154. The van der Waals surface area contributed by atoms with Crippen molar-refractivity contribution in [3.05, 3.63) is 11.4 Å². The van der Waals surface area contributed by atoms with E-state index in [1.165, 1.54) is 0 Å². The van der Waals surface area contributed by atoms with Crippen molar-refractivity contribution >= 4 is 11.6 Å². The van der Waals surface area contributed by atoms with E-state index in [1.807, 2.05) is 20.8 Å². The fourth-order valence-corrected chi connectivity index (χ4v) is 2.42. The van der Waals surface area contributed by atoms with Crippen LogP contribution >= 0.6 is 0 Å². The van der Waals surface area contributed by atoms with Crippen LogP contribution in [0.15, 0.2) is 0 Å². The van der Waals surface area contributed by atoms with Gasteiger partial charge in [0.1, 0.15) is 5.69 Å². The van der Waals surface area contributed by atoms with Gasteiger partial charge in [-0.05, 0) is 27.2 Å². The van der Waals surface area contributed by atoms with Crippen LogP contribution in [0, 0.1) is 12.8 Å². The molecule has 1 aromatic rings.